The number of rotatable bonds is 58. The highest BCUT2D eigenvalue weighted by Gasteiger charge is 2.58. The van der Waals surface area contributed by atoms with E-state index in [0.29, 0.717) is 19.3 Å². The van der Waals surface area contributed by atoms with Crippen LogP contribution in [0.25, 0.3) is 0 Å². The summed E-state index contributed by atoms with van der Waals surface area (Å²) in [7, 11) is -5.69. The molecule has 3 rings (SSSR count). The van der Waals surface area contributed by atoms with E-state index in [1.165, 1.54) is 135 Å². The number of carbonyl (C=O) groups excluding carboxylic acids is 3. The fraction of sp³-hybridized carbons (Fsp3) is 0.930. The number of unbranched alkanes of at least 4 members (excludes halogenated alkanes) is 35. The van der Waals surface area contributed by atoms with Crippen LogP contribution in [0.4, 0.5) is 0 Å². The Morgan fingerprint density at radius 1 is 0.396 bits per heavy atom. The number of esters is 3. The van der Waals surface area contributed by atoms with Gasteiger partial charge >= 0.3 is 25.7 Å². The van der Waals surface area contributed by atoms with Gasteiger partial charge in [-0.15, -0.1) is 0 Å². The molecule has 2 heterocycles. The molecule has 0 bridgehead atoms. The van der Waals surface area contributed by atoms with Crippen molar-refractivity contribution >= 4 is 25.7 Å². The largest absolute Gasteiger partial charge is 0.472 e. The Balaban J connectivity index is 1.73. The van der Waals surface area contributed by atoms with Crippen LogP contribution in [0, 0.1) is 0 Å². The second-order valence-corrected chi connectivity index (χ2v) is 28.4. The number of phosphoric ester groups is 1. The summed E-state index contributed by atoms with van der Waals surface area (Å²) < 4.78 is 64.9. The number of hydrogen-bond donors (Lipinski definition) is 11. The summed E-state index contributed by atoms with van der Waals surface area (Å²) >= 11 is 0. The van der Waals surface area contributed by atoms with Crippen LogP contribution in [-0.2, 0) is 61.2 Å². The Hall–Kier alpha value is -2.30. The number of aliphatic hydroxyl groups excluding tert-OH is 10. The van der Waals surface area contributed by atoms with E-state index < -0.39 is 156 Å². The summed E-state index contributed by atoms with van der Waals surface area (Å²) in [6, 6.07) is 0. The summed E-state index contributed by atoms with van der Waals surface area (Å²) in [4.78, 5) is 50.9. The first-order valence-corrected chi connectivity index (χ1v) is 39.0. The molecule has 0 radical (unpaired) electrons. The van der Waals surface area contributed by atoms with Gasteiger partial charge < -0.3 is 89.1 Å². The summed E-state index contributed by atoms with van der Waals surface area (Å²) in [5.41, 5.74) is 0. The van der Waals surface area contributed by atoms with Gasteiger partial charge in [0.05, 0.1) is 13.2 Å². The molecule has 0 amide bonds. The van der Waals surface area contributed by atoms with Crippen LogP contribution in [0.1, 0.15) is 290 Å². The van der Waals surface area contributed by atoms with Gasteiger partial charge in [0.1, 0.15) is 98.7 Å². The minimum Gasteiger partial charge on any atom is -0.463 e. The van der Waals surface area contributed by atoms with Gasteiger partial charge in [-0.25, -0.2) is 4.57 Å². The number of aliphatic hydroxyl groups is 10. The Morgan fingerprint density at radius 3 is 1.14 bits per heavy atom. The average molecular weight is 1400 g/mol. The molecule has 2 aliphatic heterocycles. The Kier molecular flexibility index (Phi) is 49.0. The fourth-order valence-electron chi connectivity index (χ4n) is 12.4. The summed E-state index contributed by atoms with van der Waals surface area (Å²) in [5.74, 6) is -2.00. The topological polar surface area (TPSA) is 374 Å². The third-order valence-electron chi connectivity index (χ3n) is 18.5. The second kappa shape index (κ2) is 53.5. The van der Waals surface area contributed by atoms with Crippen molar-refractivity contribution in [2.24, 2.45) is 0 Å². The summed E-state index contributed by atoms with van der Waals surface area (Å²) in [5, 5.41) is 110. The monoisotopic (exact) mass is 1400 g/mol. The van der Waals surface area contributed by atoms with Crippen molar-refractivity contribution < 1.29 is 117 Å². The third-order valence-corrected chi connectivity index (χ3v) is 19.5. The lowest BCUT2D eigenvalue weighted by atomic mass is 9.84. The van der Waals surface area contributed by atoms with Crippen LogP contribution in [-0.4, -0.2) is 204 Å². The molecule has 2 saturated heterocycles. The zero-order valence-corrected chi connectivity index (χ0v) is 59.6. The molecular weight excluding hydrogens is 1270 g/mol. The van der Waals surface area contributed by atoms with Gasteiger partial charge in [-0.2, -0.15) is 0 Å². The quantitative estimate of drug-likeness (QED) is 0.00886. The smallest absolute Gasteiger partial charge is 0.463 e. The van der Waals surface area contributed by atoms with Crippen LogP contribution in [0.2, 0.25) is 0 Å². The molecule has 11 N–H and O–H groups in total. The van der Waals surface area contributed by atoms with Gasteiger partial charge in [0.25, 0.3) is 0 Å². The van der Waals surface area contributed by atoms with Gasteiger partial charge in [-0.3, -0.25) is 23.4 Å². The van der Waals surface area contributed by atoms with Crippen LogP contribution in [0.15, 0.2) is 12.2 Å². The summed E-state index contributed by atoms with van der Waals surface area (Å²) in [6.45, 7) is 3.43. The fourth-order valence-corrected chi connectivity index (χ4v) is 13.4. The van der Waals surface area contributed by atoms with E-state index in [9.17, 15) is 74.9 Å². The zero-order chi connectivity index (χ0) is 70.4. The maximum Gasteiger partial charge on any atom is 0.472 e. The lowest BCUT2D eigenvalue weighted by molar-refractivity contribution is -0.360. The van der Waals surface area contributed by atoms with Crippen LogP contribution in [0.3, 0.4) is 0 Å². The maximum absolute atomic E-state index is 14.3. The minimum atomic E-state index is -5.69. The molecule has 96 heavy (non-hydrogen) atoms. The number of carbonyl (C=O) groups is 3. The number of allylic oxidation sites excluding steroid dienone is 2. The Labute approximate surface area is 573 Å². The van der Waals surface area contributed by atoms with Crippen molar-refractivity contribution in [3.8, 4) is 0 Å². The molecule has 0 aromatic rings. The number of ether oxygens (including phenoxy) is 7. The molecule has 0 spiro atoms. The molecule has 0 aromatic carbocycles. The van der Waals surface area contributed by atoms with E-state index in [4.69, 9.17) is 42.2 Å². The van der Waals surface area contributed by atoms with Crippen molar-refractivity contribution in [3.63, 3.8) is 0 Å². The molecule has 0 aromatic heterocycles. The molecule has 1 aliphatic carbocycles. The maximum atomic E-state index is 14.3. The Bertz CT molecular complexity index is 2040. The Morgan fingerprint density at radius 2 is 0.729 bits per heavy atom. The molecule has 3 aliphatic rings. The molecule has 564 valence electrons. The van der Waals surface area contributed by atoms with Crippen molar-refractivity contribution in [2.45, 2.75) is 395 Å². The van der Waals surface area contributed by atoms with Gasteiger partial charge in [-0.05, 0) is 44.9 Å². The average Bonchev–Trinajstić information content (AvgIpc) is 0.766. The van der Waals surface area contributed by atoms with Gasteiger partial charge in [0.15, 0.2) is 18.7 Å². The second-order valence-electron chi connectivity index (χ2n) is 27.0. The van der Waals surface area contributed by atoms with Gasteiger partial charge in [0, 0.05) is 19.3 Å². The zero-order valence-electron chi connectivity index (χ0n) is 58.7. The first-order chi connectivity index (χ1) is 46.3. The highest BCUT2D eigenvalue weighted by atomic mass is 31.2. The van der Waals surface area contributed by atoms with Crippen LogP contribution in [0.5, 0.6) is 0 Å². The highest BCUT2D eigenvalue weighted by molar-refractivity contribution is 7.47. The predicted molar refractivity (Wildman–Crippen MR) is 361 cm³/mol. The molecule has 1 saturated carbocycles. The van der Waals surface area contributed by atoms with Gasteiger partial charge in [0.2, 0.25) is 0 Å². The lowest BCUT2D eigenvalue weighted by Gasteiger charge is -2.49. The third kappa shape index (κ3) is 36.5. The van der Waals surface area contributed by atoms with E-state index in [-0.39, 0.29) is 19.3 Å². The molecule has 24 nitrogen and oxygen atoms in total. The summed E-state index contributed by atoms with van der Waals surface area (Å²) in [6.07, 6.45) is 11.5. The highest BCUT2D eigenvalue weighted by Crippen LogP contribution is 2.49. The van der Waals surface area contributed by atoms with E-state index in [2.05, 4.69) is 32.9 Å². The number of phosphoric acid groups is 1. The molecular formula is C71H131O24P. The normalized spacial score (nSPS) is 28.0. The van der Waals surface area contributed by atoms with E-state index in [0.717, 1.165) is 96.3 Å². The van der Waals surface area contributed by atoms with Crippen molar-refractivity contribution in [3.05, 3.63) is 12.2 Å². The van der Waals surface area contributed by atoms with Crippen LogP contribution < -0.4 is 0 Å². The van der Waals surface area contributed by atoms with Gasteiger partial charge in [-0.1, -0.05) is 238 Å². The standard InChI is InChI=1S/C71H131O24P/c1-4-7-10-13-16-19-22-24-25-26-27-29-32-35-38-41-44-47-57(75)90-52(49-87-55(73)45-42-39-36-33-30-21-18-15-12-9-6-3)50-89-96(85,86)95-69-67(93-70-65(83)60(78)58(76)53(48-72)91-70)63(81)62(80)64(82)68(69)94-71-66(84)61(79)59(77)54(92-71)51-88-56(74)46-43-40-37-34-31-28-23-20-17-14-11-8-5-2/h28,31,52-54,58-72,76-84H,4-27,29-30,32-51H2,1-3H3,(H,85,86)/b31-28-. The molecule has 18 atom stereocenters. The van der Waals surface area contributed by atoms with E-state index >= 15 is 0 Å². The SMILES string of the molecule is CCCCCCCC/C=C\CCCCCC(=O)OCC1OC(OC2C(O)C(O)C(O)C(OC3OC(CO)C(O)C(O)C3O)C2OP(=O)(O)OCC(COC(=O)CCCCCCCCCCCCC)OC(=O)CCCCCCCCCCCCCCCCCCC)C(O)C(O)C1O. The van der Waals surface area contributed by atoms with Crippen molar-refractivity contribution in [1.29, 1.82) is 0 Å². The predicted octanol–water partition coefficient (Wildman–Crippen LogP) is 9.96. The van der Waals surface area contributed by atoms with Crippen molar-refractivity contribution in [1.82, 2.24) is 0 Å². The molecule has 25 heteroatoms. The first-order valence-electron chi connectivity index (χ1n) is 37.5. The minimum absolute atomic E-state index is 0.00936. The van der Waals surface area contributed by atoms with Crippen molar-refractivity contribution in [2.75, 3.05) is 26.4 Å². The van der Waals surface area contributed by atoms with E-state index in [1.54, 1.807) is 0 Å². The number of hydrogen-bond acceptors (Lipinski definition) is 23. The first kappa shape index (κ1) is 87.9. The van der Waals surface area contributed by atoms with E-state index in [1.807, 2.05) is 0 Å². The van der Waals surface area contributed by atoms with Crippen LogP contribution >= 0.6 is 7.82 Å². The molecule has 18 unspecified atom stereocenters. The molecule has 3 fully saturated rings. The lowest BCUT2D eigenvalue weighted by Crippen LogP contribution is -2.69.